The monoisotopic (exact) mass is 489 g/mol. The summed E-state index contributed by atoms with van der Waals surface area (Å²) >= 11 is 0. The van der Waals surface area contributed by atoms with Gasteiger partial charge in [-0.15, -0.1) is 0 Å². The van der Waals surface area contributed by atoms with Gasteiger partial charge >= 0.3 is 0 Å². The summed E-state index contributed by atoms with van der Waals surface area (Å²) in [6.07, 6.45) is 0.384. The number of anilines is 1. The van der Waals surface area contributed by atoms with Gasteiger partial charge in [-0.1, -0.05) is 37.3 Å². The molecular weight excluding hydrogens is 458 g/mol. The Morgan fingerprint density at radius 1 is 1.03 bits per heavy atom. The van der Waals surface area contributed by atoms with Crippen LogP contribution >= 0.6 is 0 Å². The average Bonchev–Trinajstić information content (AvgIpc) is 3.31. The number of hydrogen-bond donors (Lipinski definition) is 1. The maximum atomic E-state index is 13.6. The summed E-state index contributed by atoms with van der Waals surface area (Å²) in [7, 11) is -3.81. The zero-order valence-corrected chi connectivity index (χ0v) is 20.5. The van der Waals surface area contributed by atoms with Gasteiger partial charge in [-0.05, 0) is 38.0 Å². The van der Waals surface area contributed by atoms with E-state index < -0.39 is 28.5 Å². The van der Waals surface area contributed by atoms with Gasteiger partial charge in [-0.25, -0.2) is 8.42 Å². The van der Waals surface area contributed by atoms with Crippen molar-refractivity contribution in [2.75, 3.05) is 29.9 Å². The summed E-state index contributed by atoms with van der Waals surface area (Å²) in [4.78, 5) is 27.9. The van der Waals surface area contributed by atoms with Crippen molar-refractivity contribution in [2.24, 2.45) is 0 Å². The molecule has 0 radical (unpaired) electrons. The Bertz CT molecular complexity index is 1110. The topological polar surface area (TPSA) is 105 Å². The Kier molecular flexibility index (Phi) is 8.38. The van der Waals surface area contributed by atoms with E-state index in [2.05, 4.69) is 5.32 Å². The van der Waals surface area contributed by atoms with Crippen molar-refractivity contribution >= 4 is 27.5 Å². The number of carbonyl (C=O) groups is 2. The molecule has 0 spiro atoms. The van der Waals surface area contributed by atoms with Crippen LogP contribution in [0.1, 0.15) is 32.8 Å². The van der Waals surface area contributed by atoms with Crippen LogP contribution < -0.4 is 19.1 Å². The molecule has 1 atom stereocenters. The zero-order chi connectivity index (χ0) is 24.7. The summed E-state index contributed by atoms with van der Waals surface area (Å²) in [6.45, 7) is 5.36. The van der Waals surface area contributed by atoms with E-state index in [0.29, 0.717) is 30.2 Å². The SMILES string of the molecule is CCNC(=O)C(CC)N(Cc1ccccc1)C(=O)CN(c1ccc2c(c1)OCO2)S(=O)(=O)CC. The van der Waals surface area contributed by atoms with Crippen molar-refractivity contribution in [3.05, 3.63) is 54.1 Å². The van der Waals surface area contributed by atoms with E-state index in [-0.39, 0.29) is 25.0 Å². The van der Waals surface area contributed by atoms with Crippen LogP contribution in [0.15, 0.2) is 48.5 Å². The Morgan fingerprint density at radius 3 is 2.38 bits per heavy atom. The third-order valence-corrected chi connectivity index (χ3v) is 7.30. The molecule has 1 unspecified atom stereocenters. The van der Waals surface area contributed by atoms with E-state index in [9.17, 15) is 18.0 Å². The van der Waals surface area contributed by atoms with Crippen LogP contribution in [0.5, 0.6) is 11.5 Å². The minimum atomic E-state index is -3.81. The number of nitrogens with zero attached hydrogens (tertiary/aromatic N) is 2. The van der Waals surface area contributed by atoms with Crippen LogP contribution in [-0.4, -0.2) is 56.8 Å². The van der Waals surface area contributed by atoms with Gasteiger partial charge in [0.25, 0.3) is 0 Å². The minimum Gasteiger partial charge on any atom is -0.454 e. The molecule has 0 aliphatic carbocycles. The number of amides is 2. The zero-order valence-electron chi connectivity index (χ0n) is 19.7. The first-order chi connectivity index (χ1) is 16.3. The fourth-order valence-electron chi connectivity index (χ4n) is 3.75. The minimum absolute atomic E-state index is 0.0494. The maximum Gasteiger partial charge on any atom is 0.244 e. The summed E-state index contributed by atoms with van der Waals surface area (Å²) in [5.41, 5.74) is 1.14. The highest BCUT2D eigenvalue weighted by Gasteiger charge is 2.32. The molecule has 1 aliphatic heterocycles. The van der Waals surface area contributed by atoms with Crippen LogP contribution in [0, 0.1) is 0 Å². The molecule has 10 heteroatoms. The molecule has 184 valence electrons. The predicted octanol–water partition coefficient (Wildman–Crippen LogP) is 2.51. The summed E-state index contributed by atoms with van der Waals surface area (Å²) < 4.78 is 37.8. The first-order valence-corrected chi connectivity index (χ1v) is 12.9. The number of ether oxygens (including phenoxy) is 2. The van der Waals surface area contributed by atoms with E-state index in [4.69, 9.17) is 9.47 Å². The van der Waals surface area contributed by atoms with Gasteiger partial charge in [0.15, 0.2) is 11.5 Å². The summed E-state index contributed by atoms with van der Waals surface area (Å²) in [5, 5.41) is 2.78. The first kappa shape index (κ1) is 25.4. The maximum absolute atomic E-state index is 13.6. The largest absolute Gasteiger partial charge is 0.454 e. The molecule has 0 aromatic heterocycles. The van der Waals surface area contributed by atoms with Gasteiger partial charge in [0.2, 0.25) is 28.6 Å². The van der Waals surface area contributed by atoms with E-state index in [1.165, 1.54) is 11.8 Å². The van der Waals surface area contributed by atoms with Crippen molar-refractivity contribution in [1.29, 1.82) is 0 Å². The highest BCUT2D eigenvalue weighted by atomic mass is 32.2. The lowest BCUT2D eigenvalue weighted by Crippen LogP contribution is -2.52. The quantitative estimate of drug-likeness (QED) is 0.520. The number of likely N-dealkylation sites (N-methyl/N-ethyl adjacent to an activating group) is 1. The van der Waals surface area contributed by atoms with Crippen LogP contribution in [-0.2, 0) is 26.2 Å². The van der Waals surface area contributed by atoms with Crippen molar-refractivity contribution < 1.29 is 27.5 Å². The number of nitrogens with one attached hydrogen (secondary N) is 1. The number of benzene rings is 2. The average molecular weight is 490 g/mol. The Hall–Kier alpha value is -3.27. The fraction of sp³-hybridized carbons (Fsp3) is 0.417. The third-order valence-electron chi connectivity index (χ3n) is 5.56. The van der Waals surface area contributed by atoms with Crippen LogP contribution in [0.3, 0.4) is 0 Å². The molecule has 0 saturated carbocycles. The van der Waals surface area contributed by atoms with Gasteiger partial charge in [0.05, 0.1) is 11.4 Å². The van der Waals surface area contributed by atoms with Gasteiger partial charge in [-0.3, -0.25) is 13.9 Å². The van der Waals surface area contributed by atoms with E-state index in [1.807, 2.05) is 44.2 Å². The predicted molar refractivity (Wildman–Crippen MR) is 129 cm³/mol. The van der Waals surface area contributed by atoms with Gasteiger partial charge < -0.3 is 19.7 Å². The molecule has 2 aromatic carbocycles. The third kappa shape index (κ3) is 5.80. The van der Waals surface area contributed by atoms with Crippen molar-refractivity contribution in [3.63, 3.8) is 0 Å². The Morgan fingerprint density at radius 2 is 1.74 bits per heavy atom. The van der Waals surface area contributed by atoms with Crippen LogP contribution in [0.2, 0.25) is 0 Å². The van der Waals surface area contributed by atoms with Gasteiger partial charge in [0, 0.05) is 19.2 Å². The second-order valence-corrected chi connectivity index (χ2v) is 9.95. The highest BCUT2D eigenvalue weighted by molar-refractivity contribution is 7.92. The molecule has 1 heterocycles. The fourth-order valence-corrected chi connectivity index (χ4v) is 4.81. The molecule has 3 rings (SSSR count). The summed E-state index contributed by atoms with van der Waals surface area (Å²) in [5.74, 6) is -0.0204. The number of carbonyl (C=O) groups excluding carboxylic acids is 2. The second-order valence-electron chi connectivity index (χ2n) is 7.77. The van der Waals surface area contributed by atoms with E-state index in [1.54, 1.807) is 18.2 Å². The lowest BCUT2D eigenvalue weighted by Gasteiger charge is -2.33. The molecule has 34 heavy (non-hydrogen) atoms. The van der Waals surface area contributed by atoms with Crippen molar-refractivity contribution in [2.45, 2.75) is 39.8 Å². The van der Waals surface area contributed by atoms with Crippen LogP contribution in [0.25, 0.3) is 0 Å². The highest BCUT2D eigenvalue weighted by Crippen LogP contribution is 2.36. The molecule has 2 amide bonds. The normalized spacial score (nSPS) is 13.3. The number of sulfonamides is 1. The number of rotatable bonds is 11. The number of fused-ring (bicyclic) bond motifs is 1. The van der Waals surface area contributed by atoms with Crippen molar-refractivity contribution in [3.8, 4) is 11.5 Å². The Labute approximate surface area is 200 Å². The molecule has 1 N–H and O–H groups in total. The van der Waals surface area contributed by atoms with Gasteiger partial charge in [-0.2, -0.15) is 0 Å². The van der Waals surface area contributed by atoms with Gasteiger partial charge in [0.1, 0.15) is 12.6 Å². The molecule has 0 saturated heterocycles. The first-order valence-electron chi connectivity index (χ1n) is 11.3. The molecule has 9 nitrogen and oxygen atoms in total. The smallest absolute Gasteiger partial charge is 0.244 e. The van der Waals surface area contributed by atoms with E-state index in [0.717, 1.165) is 9.87 Å². The molecule has 0 fully saturated rings. The lowest BCUT2D eigenvalue weighted by atomic mass is 10.1. The summed E-state index contributed by atoms with van der Waals surface area (Å²) in [6, 6.07) is 13.3. The lowest BCUT2D eigenvalue weighted by molar-refractivity contribution is -0.140. The molecule has 1 aliphatic rings. The second kappa shape index (κ2) is 11.2. The number of hydrogen-bond acceptors (Lipinski definition) is 6. The standard InChI is InChI=1S/C24H31N3O6S/c1-4-20(24(29)25-5-2)26(15-18-10-8-7-9-11-18)23(28)16-27(34(30,31)6-3)19-12-13-21-22(14-19)33-17-32-21/h7-14,20H,4-6,15-17H2,1-3H3,(H,25,29). The molecule has 2 aromatic rings. The van der Waals surface area contributed by atoms with Crippen LogP contribution in [0.4, 0.5) is 5.69 Å². The molecular formula is C24H31N3O6S. The van der Waals surface area contributed by atoms with E-state index >= 15 is 0 Å². The van der Waals surface area contributed by atoms with Crippen molar-refractivity contribution in [1.82, 2.24) is 10.2 Å². The molecule has 0 bridgehead atoms. The Balaban J connectivity index is 1.95.